The summed E-state index contributed by atoms with van der Waals surface area (Å²) in [4.78, 5) is 4.64. The molecule has 1 fully saturated rings. The third kappa shape index (κ3) is 4.27. The van der Waals surface area contributed by atoms with E-state index in [1.165, 1.54) is 36.8 Å². The lowest BCUT2D eigenvalue weighted by Crippen LogP contribution is -2.16. The molecular formula is C20H29N5. The van der Waals surface area contributed by atoms with Crippen LogP contribution in [0.4, 0.5) is 17.5 Å². The Morgan fingerprint density at radius 3 is 2.24 bits per heavy atom. The van der Waals surface area contributed by atoms with Crippen molar-refractivity contribution in [3.05, 3.63) is 35.5 Å². The summed E-state index contributed by atoms with van der Waals surface area (Å²) in [6.07, 6.45) is 6.71. The Balaban J connectivity index is 1.86. The Kier molecular flexibility index (Phi) is 5.51. The van der Waals surface area contributed by atoms with Crippen molar-refractivity contribution in [3.63, 3.8) is 0 Å². The van der Waals surface area contributed by atoms with Gasteiger partial charge in [0.25, 0.3) is 0 Å². The lowest BCUT2D eigenvalue weighted by Gasteiger charge is -2.20. The maximum Gasteiger partial charge on any atom is 0.249 e. The number of anilines is 3. The van der Waals surface area contributed by atoms with Crippen LogP contribution >= 0.6 is 0 Å². The fourth-order valence-corrected chi connectivity index (χ4v) is 3.51. The molecule has 5 heteroatoms. The number of aromatic nitrogens is 3. The summed E-state index contributed by atoms with van der Waals surface area (Å²) in [5.74, 6) is 2.21. The highest BCUT2D eigenvalue weighted by Crippen LogP contribution is 2.33. The highest BCUT2D eigenvalue weighted by Gasteiger charge is 2.17. The summed E-state index contributed by atoms with van der Waals surface area (Å²) in [5.41, 5.74) is 3.68. The van der Waals surface area contributed by atoms with Crippen LogP contribution in [0.5, 0.6) is 0 Å². The first-order valence-electron chi connectivity index (χ1n) is 9.40. The van der Waals surface area contributed by atoms with Gasteiger partial charge < -0.3 is 10.6 Å². The first kappa shape index (κ1) is 17.6. The largest absolute Gasteiger partial charge is 0.366 e. The Morgan fingerprint density at radius 1 is 1.00 bits per heavy atom. The Hall–Kier alpha value is -2.17. The van der Waals surface area contributed by atoms with E-state index in [1.807, 2.05) is 0 Å². The van der Waals surface area contributed by atoms with Crippen LogP contribution in [0, 0.1) is 0 Å². The molecule has 1 aliphatic carbocycles. The Morgan fingerprint density at radius 2 is 1.64 bits per heavy atom. The van der Waals surface area contributed by atoms with Gasteiger partial charge in [0, 0.05) is 11.7 Å². The zero-order chi connectivity index (χ0) is 17.8. The standard InChI is InChI=1S/C20H29N5/c1-13(2)16-10-7-11-17(14(3)4)19(16)24-20-23-18(12-21-25-20)22-15-8-5-6-9-15/h7,10-15H,5-6,8-9H2,1-4H3,(H2,22,23,24,25). The van der Waals surface area contributed by atoms with Gasteiger partial charge in [-0.15, -0.1) is 5.10 Å². The molecule has 0 spiro atoms. The highest BCUT2D eigenvalue weighted by atomic mass is 15.3. The van der Waals surface area contributed by atoms with Crippen LogP contribution < -0.4 is 10.6 Å². The fraction of sp³-hybridized carbons (Fsp3) is 0.550. The zero-order valence-electron chi connectivity index (χ0n) is 15.7. The third-order valence-corrected chi connectivity index (χ3v) is 4.88. The molecule has 0 aliphatic heterocycles. The Bertz CT molecular complexity index is 679. The van der Waals surface area contributed by atoms with Crippen molar-refractivity contribution in [2.45, 2.75) is 71.3 Å². The van der Waals surface area contributed by atoms with Gasteiger partial charge in [0.15, 0.2) is 5.82 Å². The van der Waals surface area contributed by atoms with Gasteiger partial charge in [-0.2, -0.15) is 10.1 Å². The third-order valence-electron chi connectivity index (χ3n) is 4.88. The van der Waals surface area contributed by atoms with E-state index in [2.05, 4.69) is 71.7 Å². The van der Waals surface area contributed by atoms with Crippen LogP contribution in [0.2, 0.25) is 0 Å². The molecule has 0 atom stereocenters. The van der Waals surface area contributed by atoms with Crippen molar-refractivity contribution >= 4 is 17.5 Å². The van der Waals surface area contributed by atoms with Gasteiger partial charge in [0.1, 0.15) is 0 Å². The van der Waals surface area contributed by atoms with Gasteiger partial charge in [-0.25, -0.2) is 0 Å². The number of hydrogen-bond donors (Lipinski definition) is 2. The van der Waals surface area contributed by atoms with Gasteiger partial charge in [0.05, 0.1) is 6.20 Å². The number of nitrogens with zero attached hydrogens (tertiary/aromatic N) is 3. The van der Waals surface area contributed by atoms with Crippen molar-refractivity contribution in [2.24, 2.45) is 0 Å². The predicted octanol–water partition coefficient (Wildman–Crippen LogP) is 5.22. The molecule has 0 bridgehead atoms. The molecule has 3 rings (SSSR count). The van der Waals surface area contributed by atoms with Crippen LogP contribution in [0.25, 0.3) is 0 Å². The van der Waals surface area contributed by atoms with Crippen LogP contribution in [0.1, 0.15) is 76.3 Å². The van der Waals surface area contributed by atoms with Gasteiger partial charge in [0.2, 0.25) is 5.95 Å². The molecule has 1 heterocycles. The minimum Gasteiger partial charge on any atom is -0.366 e. The van der Waals surface area contributed by atoms with E-state index in [0.717, 1.165) is 11.5 Å². The van der Waals surface area contributed by atoms with Gasteiger partial charge in [-0.1, -0.05) is 58.7 Å². The molecule has 1 aromatic heterocycles. The topological polar surface area (TPSA) is 62.7 Å². The number of para-hydroxylation sites is 1. The summed E-state index contributed by atoms with van der Waals surface area (Å²) in [5, 5.41) is 15.3. The highest BCUT2D eigenvalue weighted by molar-refractivity contribution is 5.65. The molecule has 0 radical (unpaired) electrons. The van der Waals surface area contributed by atoms with E-state index < -0.39 is 0 Å². The molecule has 0 saturated heterocycles. The number of rotatable bonds is 6. The van der Waals surface area contributed by atoms with Crippen LogP contribution in [0.15, 0.2) is 24.4 Å². The molecule has 1 aromatic carbocycles. The first-order valence-corrected chi connectivity index (χ1v) is 9.40. The zero-order valence-corrected chi connectivity index (χ0v) is 15.7. The second kappa shape index (κ2) is 7.81. The fourth-order valence-electron chi connectivity index (χ4n) is 3.51. The van der Waals surface area contributed by atoms with Gasteiger partial charge in [-0.05, 0) is 35.8 Å². The summed E-state index contributed by atoms with van der Waals surface area (Å²) in [7, 11) is 0. The molecule has 0 unspecified atom stereocenters. The monoisotopic (exact) mass is 339 g/mol. The van der Waals surface area contributed by atoms with Crippen molar-refractivity contribution in [3.8, 4) is 0 Å². The molecule has 25 heavy (non-hydrogen) atoms. The number of benzene rings is 1. The summed E-state index contributed by atoms with van der Waals surface area (Å²) in [6, 6.07) is 6.99. The van der Waals surface area contributed by atoms with E-state index in [4.69, 9.17) is 0 Å². The van der Waals surface area contributed by atoms with Crippen LogP contribution in [0.3, 0.4) is 0 Å². The minimum absolute atomic E-state index is 0.425. The second-order valence-corrected chi connectivity index (χ2v) is 7.54. The molecule has 0 amide bonds. The van der Waals surface area contributed by atoms with E-state index in [0.29, 0.717) is 23.8 Å². The van der Waals surface area contributed by atoms with Crippen molar-refractivity contribution in [1.82, 2.24) is 15.2 Å². The second-order valence-electron chi connectivity index (χ2n) is 7.54. The van der Waals surface area contributed by atoms with E-state index in [-0.39, 0.29) is 0 Å². The SMILES string of the molecule is CC(C)c1cccc(C(C)C)c1Nc1nncc(NC2CCCC2)n1. The maximum absolute atomic E-state index is 4.64. The van der Waals surface area contributed by atoms with Gasteiger partial charge >= 0.3 is 0 Å². The van der Waals surface area contributed by atoms with Crippen molar-refractivity contribution in [2.75, 3.05) is 10.6 Å². The van der Waals surface area contributed by atoms with Crippen LogP contribution in [-0.2, 0) is 0 Å². The average Bonchev–Trinajstić information content (AvgIpc) is 3.08. The number of nitrogens with one attached hydrogen (secondary N) is 2. The molecule has 1 aliphatic rings. The lowest BCUT2D eigenvalue weighted by molar-refractivity contribution is 0.747. The normalized spacial score (nSPS) is 15.1. The molecule has 5 nitrogen and oxygen atoms in total. The number of hydrogen-bond acceptors (Lipinski definition) is 5. The van der Waals surface area contributed by atoms with E-state index in [9.17, 15) is 0 Å². The van der Waals surface area contributed by atoms with Gasteiger partial charge in [-0.3, -0.25) is 0 Å². The first-order chi connectivity index (χ1) is 12.0. The van der Waals surface area contributed by atoms with E-state index in [1.54, 1.807) is 6.20 Å². The minimum atomic E-state index is 0.425. The summed E-state index contributed by atoms with van der Waals surface area (Å²) >= 11 is 0. The quantitative estimate of drug-likeness (QED) is 0.756. The molecule has 1 saturated carbocycles. The predicted molar refractivity (Wildman–Crippen MR) is 104 cm³/mol. The lowest BCUT2D eigenvalue weighted by atomic mass is 9.93. The molecule has 2 aromatic rings. The summed E-state index contributed by atoms with van der Waals surface area (Å²) < 4.78 is 0. The summed E-state index contributed by atoms with van der Waals surface area (Å²) in [6.45, 7) is 8.84. The molecule has 134 valence electrons. The smallest absolute Gasteiger partial charge is 0.249 e. The van der Waals surface area contributed by atoms with Crippen molar-refractivity contribution in [1.29, 1.82) is 0 Å². The van der Waals surface area contributed by atoms with Crippen LogP contribution in [-0.4, -0.2) is 21.2 Å². The molecular weight excluding hydrogens is 310 g/mol. The van der Waals surface area contributed by atoms with Crippen molar-refractivity contribution < 1.29 is 0 Å². The van der Waals surface area contributed by atoms with E-state index >= 15 is 0 Å². The molecule has 2 N–H and O–H groups in total. The Labute approximate surface area is 150 Å². The maximum atomic E-state index is 4.64. The average molecular weight is 339 g/mol.